The van der Waals surface area contributed by atoms with E-state index in [-0.39, 0.29) is 24.8 Å². The molecule has 0 saturated carbocycles. The number of esters is 2. The van der Waals surface area contributed by atoms with Gasteiger partial charge in [-0.25, -0.2) is 13.9 Å². The van der Waals surface area contributed by atoms with Gasteiger partial charge in [-0.3, -0.25) is 23.2 Å². The van der Waals surface area contributed by atoms with Gasteiger partial charge in [0, 0.05) is 19.0 Å². The van der Waals surface area contributed by atoms with E-state index in [1.54, 1.807) is 0 Å². The summed E-state index contributed by atoms with van der Waals surface area (Å²) >= 11 is 0. The highest BCUT2D eigenvalue weighted by Gasteiger charge is 2.46. The normalized spacial score (nSPS) is 19.6. The fraction of sp³-hybridized carbons (Fsp3) is 0.741. The summed E-state index contributed by atoms with van der Waals surface area (Å²) in [5.41, 5.74) is 4.59. The molecule has 0 radical (unpaired) electrons. The van der Waals surface area contributed by atoms with E-state index in [0.29, 0.717) is 19.3 Å². The minimum absolute atomic E-state index is 0.0321. The van der Waals surface area contributed by atoms with E-state index in [2.05, 4.69) is 48.3 Å². The van der Waals surface area contributed by atoms with Crippen molar-refractivity contribution in [2.45, 2.75) is 231 Å². The van der Waals surface area contributed by atoms with Gasteiger partial charge in [0.2, 0.25) is 0 Å². The number of rotatable bonds is 45. The third-order valence-electron chi connectivity index (χ3n) is 12.4. The molecule has 0 aromatic carbocycles. The van der Waals surface area contributed by atoms with Gasteiger partial charge in [-0.05, 0) is 56.9 Å². The highest BCUT2D eigenvalue weighted by Crippen LogP contribution is 2.60. The van der Waals surface area contributed by atoms with Crippen molar-refractivity contribution in [3.05, 3.63) is 71.4 Å². The lowest BCUT2D eigenvalue weighted by Crippen LogP contribution is -2.36. The largest absolute Gasteiger partial charge is 0.481 e. The summed E-state index contributed by atoms with van der Waals surface area (Å²) in [5, 5.41) is 30.8. The van der Waals surface area contributed by atoms with E-state index in [4.69, 9.17) is 29.0 Å². The molecule has 0 aliphatic carbocycles. The van der Waals surface area contributed by atoms with Crippen molar-refractivity contribution in [1.82, 2.24) is 9.55 Å². The van der Waals surface area contributed by atoms with Crippen LogP contribution in [0, 0.1) is 5.92 Å². The van der Waals surface area contributed by atoms with E-state index in [9.17, 15) is 48.6 Å². The van der Waals surface area contributed by atoms with Crippen molar-refractivity contribution < 1.29 is 71.4 Å². The number of hydrogen-bond donors (Lipinski definition) is 6. The predicted octanol–water partition coefficient (Wildman–Crippen LogP) is 10.9. The first-order chi connectivity index (χ1) is 35.9. The molecule has 8 atom stereocenters. The van der Waals surface area contributed by atoms with E-state index < -0.39 is 83.7 Å². The van der Waals surface area contributed by atoms with Gasteiger partial charge < -0.3 is 45.1 Å². The van der Waals surface area contributed by atoms with Crippen LogP contribution in [0.15, 0.2) is 65.7 Å². The maximum Gasteiger partial charge on any atom is 0.481 e. The molecule has 430 valence electrons. The van der Waals surface area contributed by atoms with E-state index >= 15 is 0 Å². The van der Waals surface area contributed by atoms with Gasteiger partial charge in [-0.2, -0.15) is 9.29 Å². The smallest absolute Gasteiger partial charge is 0.462 e. The van der Waals surface area contributed by atoms with Crippen molar-refractivity contribution in [3.63, 3.8) is 0 Å². The number of nitrogens with two attached hydrogens (primary N) is 1. The van der Waals surface area contributed by atoms with Gasteiger partial charge in [0.1, 0.15) is 30.7 Å². The average Bonchev–Trinajstić information content (AvgIpc) is 3.63. The number of ether oxygens (including phenoxy) is 3. The van der Waals surface area contributed by atoms with Crippen LogP contribution in [0.5, 0.6) is 0 Å². The quantitative estimate of drug-likeness (QED) is 0.0153. The molecule has 75 heavy (non-hydrogen) atoms. The second-order valence-corrected chi connectivity index (χ2v) is 22.8. The number of aliphatic hydroxyl groups is 3. The number of hydrogen-bond acceptors (Lipinski definition) is 16. The number of carbonyl (C=O) groups is 2. The van der Waals surface area contributed by atoms with Crippen molar-refractivity contribution in [2.24, 2.45) is 5.92 Å². The first-order valence-corrected chi connectivity index (χ1v) is 30.6. The van der Waals surface area contributed by atoms with E-state index in [0.717, 1.165) is 80.9 Å². The topological polar surface area (TPSA) is 286 Å². The Morgan fingerprint density at radius 2 is 1.25 bits per heavy atom. The van der Waals surface area contributed by atoms with Crippen molar-refractivity contribution in [2.75, 3.05) is 25.6 Å². The number of phosphoric acid groups is 2. The summed E-state index contributed by atoms with van der Waals surface area (Å²) < 4.78 is 56.8. The standard InChI is InChI=1S/C54H93N3O16P2/c1-4-5-35-45(58)36-31-27-23-19-15-12-13-16-20-24-28-32-37-49(59)68-41-46(71-50(60)38-33-29-25-21-17-11-9-7-6-8-10-14-18-22-26-30-34-44(2)3)42-69-74(64,65)73-75(66,67)70-43-47-51(61)52(62)53(72-47)57-40-39-48(55)56-54(57)63/h12-13,19-20,23-24,31,36,39-40,44-47,51-53,58,61-62H,4-11,14-18,21-22,25-30,32-35,37-38,41-43H2,1-3H3,(H,64,65)(H,66,67)(H2,55,56,63)/b13-12-,23-19-,24-20-,36-31-/t45-,46+,47+,51+,52+,53+/m0/s1. The molecule has 0 bridgehead atoms. The molecule has 1 aliphatic heterocycles. The number of aromatic nitrogens is 2. The van der Waals surface area contributed by atoms with Crippen LogP contribution < -0.4 is 11.4 Å². The number of unbranched alkanes of at least 4 members (excludes halogenated alkanes) is 17. The molecular formula is C54H93N3O16P2. The van der Waals surface area contributed by atoms with Crippen LogP contribution >= 0.6 is 15.6 Å². The van der Waals surface area contributed by atoms with Gasteiger partial charge in [0.15, 0.2) is 12.3 Å². The fourth-order valence-electron chi connectivity index (χ4n) is 8.10. The lowest BCUT2D eigenvalue weighted by atomic mass is 10.0. The Balaban J connectivity index is 1.79. The minimum Gasteiger partial charge on any atom is -0.462 e. The van der Waals surface area contributed by atoms with E-state index in [1.165, 1.54) is 83.1 Å². The molecule has 0 amide bonds. The zero-order valence-corrected chi connectivity index (χ0v) is 46.9. The Hall–Kier alpha value is -3.32. The molecule has 0 spiro atoms. The number of nitrogen functional groups attached to an aromatic ring is 1. The van der Waals surface area contributed by atoms with E-state index in [1.807, 2.05) is 30.4 Å². The van der Waals surface area contributed by atoms with Crippen LogP contribution in [-0.4, -0.2) is 96.9 Å². The van der Waals surface area contributed by atoms with Gasteiger partial charge in [0.05, 0.1) is 19.3 Å². The average molecular weight is 1100 g/mol. The highest BCUT2D eigenvalue weighted by molar-refractivity contribution is 7.61. The number of aliphatic hydroxyl groups excluding tert-OH is 3. The Labute approximate surface area is 446 Å². The van der Waals surface area contributed by atoms with Crippen LogP contribution in [-0.2, 0) is 46.3 Å². The fourth-order valence-corrected chi connectivity index (χ4v) is 10.2. The Morgan fingerprint density at radius 3 is 1.83 bits per heavy atom. The van der Waals surface area contributed by atoms with Crippen molar-refractivity contribution in [1.29, 1.82) is 0 Å². The molecule has 2 unspecified atom stereocenters. The molecule has 1 aromatic rings. The maximum absolute atomic E-state index is 12.9. The number of nitrogens with zero attached hydrogens (tertiary/aromatic N) is 2. The summed E-state index contributed by atoms with van der Waals surface area (Å²) in [5.74, 6) is -0.580. The van der Waals surface area contributed by atoms with Crippen LogP contribution in [0.25, 0.3) is 0 Å². The zero-order valence-electron chi connectivity index (χ0n) is 45.1. The van der Waals surface area contributed by atoms with Crippen molar-refractivity contribution >= 4 is 33.4 Å². The Bertz CT molecular complexity index is 1980. The number of anilines is 1. The van der Waals surface area contributed by atoms with Crippen LogP contribution in [0.1, 0.15) is 200 Å². The third kappa shape index (κ3) is 34.2. The lowest BCUT2D eigenvalue weighted by molar-refractivity contribution is -0.161. The lowest BCUT2D eigenvalue weighted by Gasteiger charge is -2.21. The molecule has 2 heterocycles. The maximum atomic E-state index is 12.9. The minimum atomic E-state index is -5.44. The molecule has 19 nitrogen and oxygen atoms in total. The molecule has 7 N–H and O–H groups in total. The zero-order chi connectivity index (χ0) is 55.2. The second-order valence-electron chi connectivity index (χ2n) is 19.7. The van der Waals surface area contributed by atoms with Gasteiger partial charge in [-0.1, -0.05) is 185 Å². The molecule has 1 aliphatic rings. The molecular weight excluding hydrogens is 1010 g/mol. The molecule has 21 heteroatoms. The number of carbonyl (C=O) groups excluding carboxylic acids is 2. The first kappa shape index (κ1) is 67.8. The monoisotopic (exact) mass is 1100 g/mol. The highest BCUT2D eigenvalue weighted by atomic mass is 31.3. The Kier molecular flexibility index (Phi) is 36.9. The number of phosphoric ester groups is 2. The second kappa shape index (κ2) is 40.8. The third-order valence-corrected chi connectivity index (χ3v) is 15.0. The SMILES string of the molecule is CCCC[C@H](O)/C=C\C/C=C\C/C=C\C/C=C\CCCC(=O)OC[C@H](COP(=O)(O)OP(=O)(O)OC[C@H]1O[C@@H](n2ccc(N)nc2=O)[C@H](O)[C@@H]1O)OC(=O)CCCCCCCCCCCCCCCCCCC(C)C. The van der Waals surface area contributed by atoms with Gasteiger partial charge in [0.25, 0.3) is 0 Å². The Morgan fingerprint density at radius 1 is 0.720 bits per heavy atom. The van der Waals surface area contributed by atoms with Crippen LogP contribution in [0.3, 0.4) is 0 Å². The number of allylic oxidation sites excluding steroid dienone is 7. The summed E-state index contributed by atoms with van der Waals surface area (Å²) in [6.07, 6.45) is 35.3. The predicted molar refractivity (Wildman–Crippen MR) is 290 cm³/mol. The summed E-state index contributed by atoms with van der Waals surface area (Å²) in [6, 6.07) is 1.24. The molecule has 1 fully saturated rings. The summed E-state index contributed by atoms with van der Waals surface area (Å²) in [4.78, 5) is 62.0. The van der Waals surface area contributed by atoms with Crippen LogP contribution in [0.4, 0.5) is 5.82 Å². The van der Waals surface area contributed by atoms with Crippen molar-refractivity contribution in [3.8, 4) is 0 Å². The van der Waals surface area contributed by atoms with Gasteiger partial charge in [-0.15, -0.1) is 0 Å². The molecule has 1 saturated heterocycles. The molecule has 2 rings (SSSR count). The molecule has 1 aromatic heterocycles. The first-order valence-electron chi connectivity index (χ1n) is 27.6. The van der Waals surface area contributed by atoms with Crippen LogP contribution in [0.2, 0.25) is 0 Å². The van der Waals surface area contributed by atoms with Gasteiger partial charge >= 0.3 is 33.3 Å². The summed E-state index contributed by atoms with van der Waals surface area (Å²) in [6.45, 7) is 4.30. The summed E-state index contributed by atoms with van der Waals surface area (Å²) in [7, 11) is -10.9.